The molecule has 0 fully saturated rings. The molecule has 0 radical (unpaired) electrons. The van der Waals surface area contributed by atoms with E-state index in [1.807, 2.05) is 6.92 Å². The molecule has 0 aromatic heterocycles. The molecule has 1 rings (SSSR count). The summed E-state index contributed by atoms with van der Waals surface area (Å²) < 4.78 is 5.72. The van der Waals surface area contributed by atoms with Crippen molar-refractivity contribution in [3.63, 3.8) is 0 Å². The van der Waals surface area contributed by atoms with Crippen molar-refractivity contribution in [1.82, 2.24) is 0 Å². The van der Waals surface area contributed by atoms with Crippen LogP contribution in [-0.4, -0.2) is 5.44 Å². The fourth-order valence-electron chi connectivity index (χ4n) is 2.63. The first kappa shape index (κ1) is 16.8. The van der Waals surface area contributed by atoms with E-state index in [9.17, 15) is 0 Å². The van der Waals surface area contributed by atoms with E-state index in [0.717, 1.165) is 12.2 Å². The lowest BCUT2D eigenvalue weighted by molar-refractivity contribution is 0.283. The Bertz CT molecular complexity index is 390. The number of thiol groups is 1. The maximum Gasteiger partial charge on any atom is 0.151 e. The van der Waals surface area contributed by atoms with E-state index in [-0.39, 0.29) is 10.9 Å². The maximum absolute atomic E-state index is 5.72. The Balaban J connectivity index is 2.80. The third kappa shape index (κ3) is 5.70. The molecule has 0 aliphatic rings. The summed E-state index contributed by atoms with van der Waals surface area (Å²) >= 11 is 4.15. The minimum Gasteiger partial charge on any atom is -0.479 e. The van der Waals surface area contributed by atoms with Gasteiger partial charge in [0.1, 0.15) is 5.75 Å². The first-order valence-electron chi connectivity index (χ1n) is 6.71. The Morgan fingerprint density at radius 1 is 1.11 bits per heavy atom. The summed E-state index contributed by atoms with van der Waals surface area (Å²) in [5, 5.41) is 0. The molecule has 1 nitrogen and oxygen atoms in total. The van der Waals surface area contributed by atoms with Crippen LogP contribution in [0.4, 0.5) is 0 Å². The second-order valence-electron chi connectivity index (χ2n) is 6.94. The molecule has 0 saturated carbocycles. The van der Waals surface area contributed by atoms with E-state index in [2.05, 4.69) is 70.5 Å². The van der Waals surface area contributed by atoms with Crippen molar-refractivity contribution in [3.05, 3.63) is 29.8 Å². The van der Waals surface area contributed by atoms with Gasteiger partial charge >= 0.3 is 0 Å². The molecule has 0 aliphatic carbocycles. The van der Waals surface area contributed by atoms with Crippen LogP contribution in [0.5, 0.6) is 5.75 Å². The predicted octanol–water partition coefficient (Wildman–Crippen LogP) is 5.70. The van der Waals surface area contributed by atoms with E-state index in [4.69, 9.17) is 4.74 Å². The second-order valence-corrected chi connectivity index (χ2v) is 8.44. The van der Waals surface area contributed by atoms with Gasteiger partial charge in [0.2, 0.25) is 0 Å². The summed E-state index contributed by atoms with van der Waals surface area (Å²) in [6.45, 7) is 13.5. The smallest absolute Gasteiger partial charge is 0.151 e. The first-order chi connectivity index (χ1) is 8.64. The van der Waals surface area contributed by atoms with Crippen LogP contribution in [0.2, 0.25) is 0 Å². The normalized spacial score (nSPS) is 14.3. The van der Waals surface area contributed by atoms with E-state index in [0.29, 0.717) is 5.41 Å². The Kier molecular flexibility index (Phi) is 5.69. The fourth-order valence-corrected chi connectivity index (χ4v) is 2.91. The summed E-state index contributed by atoms with van der Waals surface area (Å²) in [4.78, 5) is 0. The quantitative estimate of drug-likeness (QED) is 0.424. The topological polar surface area (TPSA) is 9.23 Å². The summed E-state index contributed by atoms with van der Waals surface area (Å²) in [6.07, 6.45) is 1.16. The molecule has 0 N–H and O–H groups in total. The molecule has 1 aromatic carbocycles. The third-order valence-corrected chi connectivity index (χ3v) is 4.34. The molecule has 1 aromatic rings. The highest BCUT2D eigenvalue weighted by atomic mass is 33.1. The average Bonchev–Trinajstić information content (AvgIpc) is 2.26. The highest BCUT2D eigenvalue weighted by Gasteiger charge is 2.27. The predicted molar refractivity (Wildman–Crippen MR) is 90.2 cm³/mol. The molecule has 19 heavy (non-hydrogen) atoms. The van der Waals surface area contributed by atoms with Gasteiger partial charge in [0.25, 0.3) is 0 Å². The number of hydrogen-bond donors (Lipinski definition) is 1. The molecule has 0 spiro atoms. The van der Waals surface area contributed by atoms with E-state index < -0.39 is 0 Å². The first-order valence-corrected chi connectivity index (χ1v) is 8.65. The van der Waals surface area contributed by atoms with Crippen molar-refractivity contribution in [2.75, 3.05) is 0 Å². The van der Waals surface area contributed by atoms with Gasteiger partial charge in [0.05, 0.1) is 0 Å². The molecule has 0 heterocycles. The van der Waals surface area contributed by atoms with Crippen LogP contribution in [0.3, 0.4) is 0 Å². The number of benzene rings is 1. The fraction of sp³-hybridized carbons (Fsp3) is 0.625. The van der Waals surface area contributed by atoms with Crippen molar-refractivity contribution in [2.24, 2.45) is 5.41 Å². The van der Waals surface area contributed by atoms with Gasteiger partial charge in [-0.1, -0.05) is 57.5 Å². The molecule has 0 aliphatic heterocycles. The Hall–Kier alpha value is -0.280. The summed E-state index contributed by atoms with van der Waals surface area (Å²) in [7, 11) is 1.41. The zero-order valence-electron chi connectivity index (χ0n) is 12.9. The molecular formula is C16H26OS2. The van der Waals surface area contributed by atoms with Crippen LogP contribution in [0.15, 0.2) is 24.3 Å². The number of rotatable bonds is 5. The van der Waals surface area contributed by atoms with E-state index in [1.165, 1.54) is 16.4 Å². The van der Waals surface area contributed by atoms with E-state index in [1.54, 1.807) is 0 Å². The zero-order chi connectivity index (χ0) is 14.7. The molecule has 0 saturated heterocycles. The lowest BCUT2D eigenvalue weighted by atomic mass is 9.72. The summed E-state index contributed by atoms with van der Waals surface area (Å²) in [5.41, 5.74) is 1.94. The highest BCUT2D eigenvalue weighted by Crippen LogP contribution is 2.36. The Morgan fingerprint density at radius 3 is 2.05 bits per heavy atom. The number of hydrogen-bond acceptors (Lipinski definition) is 3. The zero-order valence-corrected chi connectivity index (χ0v) is 14.6. The Morgan fingerprint density at radius 2 is 1.63 bits per heavy atom. The van der Waals surface area contributed by atoms with Crippen LogP contribution < -0.4 is 4.74 Å². The highest BCUT2D eigenvalue weighted by molar-refractivity contribution is 8.68. The monoisotopic (exact) mass is 298 g/mol. The largest absolute Gasteiger partial charge is 0.479 e. The van der Waals surface area contributed by atoms with Crippen LogP contribution >= 0.6 is 22.5 Å². The van der Waals surface area contributed by atoms with Gasteiger partial charge < -0.3 is 4.74 Å². The molecule has 3 heteroatoms. The molecule has 0 bridgehead atoms. The van der Waals surface area contributed by atoms with Crippen molar-refractivity contribution in [1.29, 1.82) is 0 Å². The van der Waals surface area contributed by atoms with Gasteiger partial charge in [-0.3, -0.25) is 0 Å². The Labute approximate surface area is 127 Å². The average molecular weight is 299 g/mol. The second kappa shape index (κ2) is 6.45. The van der Waals surface area contributed by atoms with Crippen molar-refractivity contribution >= 4 is 22.5 Å². The third-order valence-electron chi connectivity index (χ3n) is 3.06. The minimum absolute atomic E-state index is 0.0665. The van der Waals surface area contributed by atoms with Crippen molar-refractivity contribution < 1.29 is 4.74 Å². The van der Waals surface area contributed by atoms with Gasteiger partial charge in [0, 0.05) is 0 Å². The lowest BCUT2D eigenvalue weighted by Gasteiger charge is -2.33. The van der Waals surface area contributed by atoms with Crippen molar-refractivity contribution in [2.45, 2.75) is 58.8 Å². The van der Waals surface area contributed by atoms with Crippen LogP contribution in [0.1, 0.15) is 53.5 Å². The number of ether oxygens (including phenoxy) is 1. The standard InChI is InChI=1S/C16H26OS2/c1-12(19-18)17-14-9-7-13(8-10-14)16(5,6)11-15(2,3)4/h7-10,12,18H,11H2,1-6H3. The van der Waals surface area contributed by atoms with Crippen LogP contribution in [0, 0.1) is 5.41 Å². The van der Waals surface area contributed by atoms with E-state index >= 15 is 0 Å². The molecule has 1 atom stereocenters. The lowest BCUT2D eigenvalue weighted by Crippen LogP contribution is -2.24. The summed E-state index contributed by atoms with van der Waals surface area (Å²) in [5.74, 6) is 0.907. The van der Waals surface area contributed by atoms with Crippen molar-refractivity contribution in [3.8, 4) is 5.75 Å². The summed E-state index contributed by atoms with van der Waals surface area (Å²) in [6, 6.07) is 8.47. The van der Waals surface area contributed by atoms with Gasteiger partial charge in [-0.15, -0.1) is 11.7 Å². The van der Waals surface area contributed by atoms with Gasteiger partial charge in [-0.25, -0.2) is 0 Å². The van der Waals surface area contributed by atoms with Gasteiger partial charge in [-0.05, 0) is 41.9 Å². The molecule has 0 amide bonds. The van der Waals surface area contributed by atoms with Crippen LogP contribution in [0.25, 0.3) is 0 Å². The van der Waals surface area contributed by atoms with Gasteiger partial charge in [-0.2, -0.15) is 0 Å². The van der Waals surface area contributed by atoms with Crippen LogP contribution in [-0.2, 0) is 5.41 Å². The SMILES string of the molecule is CC(Oc1ccc(C(C)(C)CC(C)(C)C)cc1)SS. The molecule has 1 unspecified atom stereocenters. The minimum atomic E-state index is 0.0665. The maximum atomic E-state index is 5.72. The molecule has 108 valence electrons. The van der Waals surface area contributed by atoms with Gasteiger partial charge in [0.15, 0.2) is 5.44 Å². The molecular weight excluding hydrogens is 272 g/mol.